The van der Waals surface area contributed by atoms with E-state index in [4.69, 9.17) is 22.1 Å². The number of amides is 1. The van der Waals surface area contributed by atoms with Gasteiger partial charge in [0.15, 0.2) is 0 Å². The molecule has 4 nitrogen and oxygen atoms in total. The van der Waals surface area contributed by atoms with Gasteiger partial charge in [0.2, 0.25) is 0 Å². The van der Waals surface area contributed by atoms with Crippen molar-refractivity contribution in [3.05, 3.63) is 46.7 Å². The van der Waals surface area contributed by atoms with E-state index in [-0.39, 0.29) is 5.56 Å². The third-order valence-corrected chi connectivity index (χ3v) is 3.84. The summed E-state index contributed by atoms with van der Waals surface area (Å²) in [6.07, 6.45) is 3.34. The minimum atomic E-state index is -0.577. The first-order valence-corrected chi connectivity index (χ1v) is 7.39. The summed E-state index contributed by atoms with van der Waals surface area (Å²) in [5, 5.41) is 0.658. The lowest BCUT2D eigenvalue weighted by atomic mass is 10.2. The molecule has 0 saturated carbocycles. The lowest BCUT2D eigenvalue weighted by Gasteiger charge is -2.11. The monoisotopic (exact) mass is 308 g/mol. The Hall–Kier alpha value is -1.72. The van der Waals surface area contributed by atoms with Crippen molar-refractivity contribution in [1.82, 2.24) is 4.98 Å². The van der Waals surface area contributed by atoms with Gasteiger partial charge in [0.1, 0.15) is 17.1 Å². The molecule has 0 radical (unpaired) electrons. The van der Waals surface area contributed by atoms with Crippen molar-refractivity contribution in [2.75, 3.05) is 6.26 Å². The number of pyridine rings is 1. The van der Waals surface area contributed by atoms with Crippen molar-refractivity contribution in [2.24, 2.45) is 5.73 Å². The number of aromatic nitrogens is 1. The Morgan fingerprint density at radius 1 is 1.40 bits per heavy atom. The summed E-state index contributed by atoms with van der Waals surface area (Å²) in [6.45, 7) is 1.81. The number of thioether (sulfide) groups is 1. The van der Waals surface area contributed by atoms with E-state index < -0.39 is 5.91 Å². The molecule has 1 aromatic carbocycles. The fourth-order valence-electron chi connectivity index (χ4n) is 1.63. The van der Waals surface area contributed by atoms with Crippen LogP contribution in [0.15, 0.2) is 35.4 Å². The number of aryl methyl sites for hydroxylation is 1. The van der Waals surface area contributed by atoms with Crippen LogP contribution in [-0.4, -0.2) is 17.1 Å². The van der Waals surface area contributed by atoms with Gasteiger partial charge in [-0.1, -0.05) is 11.6 Å². The van der Waals surface area contributed by atoms with Crippen LogP contribution in [0.5, 0.6) is 11.5 Å². The number of rotatable bonds is 4. The number of nitrogens with zero attached hydrogens (tertiary/aromatic N) is 1. The second kappa shape index (κ2) is 6.15. The SMILES string of the molecule is CSc1cc(Oc2cc(C)ncc2C(N)=O)ccc1Cl. The number of hydrogen-bond donors (Lipinski definition) is 1. The van der Waals surface area contributed by atoms with E-state index >= 15 is 0 Å². The fourth-order valence-corrected chi connectivity index (χ4v) is 2.48. The highest BCUT2D eigenvalue weighted by atomic mass is 35.5. The van der Waals surface area contributed by atoms with Gasteiger partial charge in [-0.25, -0.2) is 0 Å². The second-order valence-electron chi connectivity index (χ2n) is 4.08. The molecule has 0 saturated heterocycles. The minimum Gasteiger partial charge on any atom is -0.456 e. The maximum absolute atomic E-state index is 11.4. The van der Waals surface area contributed by atoms with E-state index in [9.17, 15) is 4.79 Å². The smallest absolute Gasteiger partial charge is 0.254 e. The summed E-state index contributed by atoms with van der Waals surface area (Å²) in [5.74, 6) is 0.401. The summed E-state index contributed by atoms with van der Waals surface area (Å²) in [7, 11) is 0. The number of ether oxygens (including phenoxy) is 1. The van der Waals surface area contributed by atoms with E-state index in [1.807, 2.05) is 19.2 Å². The molecule has 1 amide bonds. The molecule has 0 aliphatic heterocycles. The Labute approximate surface area is 126 Å². The van der Waals surface area contributed by atoms with Crippen LogP contribution in [0.4, 0.5) is 0 Å². The summed E-state index contributed by atoms with van der Waals surface area (Å²) in [4.78, 5) is 16.3. The van der Waals surface area contributed by atoms with E-state index in [1.54, 1.807) is 18.2 Å². The zero-order valence-electron chi connectivity index (χ0n) is 11.0. The van der Waals surface area contributed by atoms with Crippen LogP contribution in [-0.2, 0) is 0 Å². The molecule has 0 bridgehead atoms. The van der Waals surface area contributed by atoms with Gasteiger partial charge in [0.25, 0.3) is 5.91 Å². The third-order valence-electron chi connectivity index (χ3n) is 2.62. The van der Waals surface area contributed by atoms with Crippen LogP contribution >= 0.6 is 23.4 Å². The van der Waals surface area contributed by atoms with Crippen LogP contribution < -0.4 is 10.5 Å². The van der Waals surface area contributed by atoms with Crippen molar-refractivity contribution in [1.29, 1.82) is 0 Å². The van der Waals surface area contributed by atoms with Gasteiger partial charge >= 0.3 is 0 Å². The van der Waals surface area contributed by atoms with E-state index in [2.05, 4.69) is 4.98 Å². The molecule has 0 fully saturated rings. The van der Waals surface area contributed by atoms with Gasteiger partial charge < -0.3 is 10.5 Å². The molecule has 0 spiro atoms. The van der Waals surface area contributed by atoms with Crippen molar-refractivity contribution in [3.8, 4) is 11.5 Å². The topological polar surface area (TPSA) is 65.2 Å². The molecule has 0 aliphatic rings. The highest BCUT2D eigenvalue weighted by Crippen LogP contribution is 2.32. The lowest BCUT2D eigenvalue weighted by molar-refractivity contribution is 0.0997. The van der Waals surface area contributed by atoms with Gasteiger partial charge in [-0.2, -0.15) is 0 Å². The van der Waals surface area contributed by atoms with Gasteiger partial charge in [0, 0.05) is 22.9 Å². The number of nitrogens with two attached hydrogens (primary N) is 1. The lowest BCUT2D eigenvalue weighted by Crippen LogP contribution is -2.13. The molecule has 2 N–H and O–H groups in total. The highest BCUT2D eigenvalue weighted by Gasteiger charge is 2.12. The van der Waals surface area contributed by atoms with E-state index in [0.29, 0.717) is 16.5 Å². The molecule has 0 unspecified atom stereocenters. The number of hydrogen-bond acceptors (Lipinski definition) is 4. The quantitative estimate of drug-likeness (QED) is 0.875. The van der Waals surface area contributed by atoms with Crippen LogP contribution in [0.2, 0.25) is 5.02 Å². The number of carbonyl (C=O) groups excluding carboxylic acids is 1. The van der Waals surface area contributed by atoms with Crippen molar-refractivity contribution in [3.63, 3.8) is 0 Å². The molecular formula is C14H13ClN2O2S. The zero-order valence-corrected chi connectivity index (χ0v) is 12.6. The van der Waals surface area contributed by atoms with Crippen LogP contribution in [0.25, 0.3) is 0 Å². The summed E-state index contributed by atoms with van der Waals surface area (Å²) in [5.41, 5.74) is 6.30. The number of benzene rings is 1. The maximum Gasteiger partial charge on any atom is 0.254 e. The molecule has 2 rings (SSSR count). The Bertz CT molecular complexity index is 662. The molecule has 6 heteroatoms. The highest BCUT2D eigenvalue weighted by molar-refractivity contribution is 7.98. The average molecular weight is 309 g/mol. The molecule has 1 aromatic heterocycles. The van der Waals surface area contributed by atoms with Gasteiger partial charge in [-0.15, -0.1) is 11.8 Å². The second-order valence-corrected chi connectivity index (χ2v) is 5.34. The van der Waals surface area contributed by atoms with Crippen molar-refractivity contribution in [2.45, 2.75) is 11.8 Å². The van der Waals surface area contributed by atoms with Crippen LogP contribution in [0.1, 0.15) is 16.1 Å². The largest absolute Gasteiger partial charge is 0.456 e. The predicted octanol–water partition coefficient (Wildman–Crippen LogP) is 3.66. The summed E-state index contributed by atoms with van der Waals surface area (Å²) in [6, 6.07) is 6.98. The first kappa shape index (κ1) is 14.7. The zero-order chi connectivity index (χ0) is 14.7. The molecule has 0 atom stereocenters. The maximum atomic E-state index is 11.4. The Morgan fingerprint density at radius 2 is 2.15 bits per heavy atom. The molecule has 2 aromatic rings. The number of halogens is 1. The average Bonchev–Trinajstić information content (AvgIpc) is 2.40. The summed E-state index contributed by atoms with van der Waals surface area (Å²) < 4.78 is 5.74. The van der Waals surface area contributed by atoms with Crippen molar-refractivity contribution < 1.29 is 9.53 Å². The standard InChI is InChI=1S/C14H13ClN2O2S/c1-8-5-12(10(7-17-8)14(16)18)19-9-3-4-11(15)13(6-9)20-2/h3-7H,1-2H3,(H2,16,18). The first-order chi connectivity index (χ1) is 9.51. The molecular weight excluding hydrogens is 296 g/mol. The Morgan fingerprint density at radius 3 is 2.80 bits per heavy atom. The minimum absolute atomic E-state index is 0.247. The van der Waals surface area contributed by atoms with Crippen LogP contribution in [0, 0.1) is 6.92 Å². The van der Waals surface area contributed by atoms with Gasteiger partial charge in [0.05, 0.1) is 5.02 Å². The Kier molecular flexibility index (Phi) is 4.52. The third kappa shape index (κ3) is 3.23. The Balaban J connectivity index is 2.39. The molecule has 1 heterocycles. The first-order valence-electron chi connectivity index (χ1n) is 5.79. The predicted molar refractivity (Wildman–Crippen MR) is 80.8 cm³/mol. The number of carbonyl (C=O) groups is 1. The van der Waals surface area contributed by atoms with E-state index in [1.165, 1.54) is 18.0 Å². The van der Waals surface area contributed by atoms with Crippen LogP contribution in [0.3, 0.4) is 0 Å². The number of primary amides is 1. The van der Waals surface area contributed by atoms with Crippen molar-refractivity contribution >= 4 is 29.3 Å². The summed E-state index contributed by atoms with van der Waals surface area (Å²) >= 11 is 7.56. The molecule has 104 valence electrons. The molecule has 0 aliphatic carbocycles. The van der Waals surface area contributed by atoms with E-state index in [0.717, 1.165) is 10.6 Å². The van der Waals surface area contributed by atoms with Gasteiger partial charge in [-0.05, 0) is 31.4 Å². The molecule has 20 heavy (non-hydrogen) atoms. The van der Waals surface area contributed by atoms with Gasteiger partial charge in [-0.3, -0.25) is 9.78 Å². The normalized spacial score (nSPS) is 10.3. The fraction of sp³-hybridized carbons (Fsp3) is 0.143.